The zero-order valence-electron chi connectivity index (χ0n) is 24.2. The lowest BCUT2D eigenvalue weighted by molar-refractivity contribution is 0.0726. The fraction of sp³-hybridized carbons (Fsp3) is 0.424. The average molecular weight is 573 g/mol. The summed E-state index contributed by atoms with van der Waals surface area (Å²) in [6.45, 7) is 7.73. The van der Waals surface area contributed by atoms with Gasteiger partial charge in [0.25, 0.3) is 5.91 Å². The normalized spacial score (nSPS) is 19.5. The number of carbonyl (C=O) groups excluding carboxylic acids is 1. The quantitative estimate of drug-likeness (QED) is 0.375. The first-order chi connectivity index (χ1) is 20.4. The predicted molar refractivity (Wildman–Crippen MR) is 161 cm³/mol. The molecule has 0 radical (unpaired) electrons. The molecule has 0 spiro atoms. The van der Waals surface area contributed by atoms with E-state index in [0.29, 0.717) is 26.1 Å². The van der Waals surface area contributed by atoms with Gasteiger partial charge in [-0.15, -0.1) is 0 Å². The number of piperazine rings is 1. The lowest BCUT2D eigenvalue weighted by atomic mass is 9.94. The third kappa shape index (κ3) is 6.48. The van der Waals surface area contributed by atoms with Crippen molar-refractivity contribution in [1.82, 2.24) is 14.7 Å². The van der Waals surface area contributed by atoms with Gasteiger partial charge in [0.1, 0.15) is 29.4 Å². The lowest BCUT2D eigenvalue weighted by Gasteiger charge is -2.34. The predicted octanol–water partition coefficient (Wildman–Crippen LogP) is 3.82. The van der Waals surface area contributed by atoms with Crippen LogP contribution in [0.5, 0.6) is 17.2 Å². The molecule has 222 valence electrons. The minimum atomic E-state index is -0.321. The molecule has 3 aromatic rings. The number of rotatable bonds is 8. The van der Waals surface area contributed by atoms with E-state index < -0.39 is 0 Å². The highest BCUT2D eigenvalue weighted by Crippen LogP contribution is 2.37. The van der Waals surface area contributed by atoms with Gasteiger partial charge in [-0.25, -0.2) is 0 Å². The number of amides is 1. The molecular weight excluding hydrogens is 532 g/mol. The second-order valence-electron chi connectivity index (χ2n) is 11.7. The Morgan fingerprint density at radius 1 is 1.02 bits per heavy atom. The zero-order chi connectivity index (χ0) is 29.1. The van der Waals surface area contributed by atoms with Crippen LogP contribution in [0.1, 0.15) is 39.0 Å². The number of hydrogen-bond donors (Lipinski definition) is 3. The van der Waals surface area contributed by atoms with E-state index in [2.05, 4.69) is 34.3 Å². The highest BCUT2D eigenvalue weighted by Gasteiger charge is 2.30. The number of nitrogens with zero attached hydrogens (tertiary/aromatic N) is 3. The number of carbonyl (C=O) groups is 1. The van der Waals surface area contributed by atoms with Crippen LogP contribution in [-0.2, 0) is 30.9 Å². The lowest BCUT2D eigenvalue weighted by Crippen LogP contribution is -2.44. The summed E-state index contributed by atoms with van der Waals surface area (Å²) in [5.74, 6) is -0.610. The number of phenolic OH excluding ortho intramolecular Hbond substituents is 2. The highest BCUT2D eigenvalue weighted by atomic mass is 16.5. The topological polar surface area (TPSA) is 97.7 Å². The first-order valence-electron chi connectivity index (χ1n) is 14.8. The van der Waals surface area contributed by atoms with Crippen molar-refractivity contribution in [2.24, 2.45) is 0 Å². The third-order valence-electron chi connectivity index (χ3n) is 8.50. The fourth-order valence-electron chi connectivity index (χ4n) is 6.07. The van der Waals surface area contributed by atoms with E-state index in [1.807, 2.05) is 30.3 Å². The van der Waals surface area contributed by atoms with Crippen LogP contribution in [0.15, 0.2) is 54.6 Å². The van der Waals surface area contributed by atoms with Gasteiger partial charge >= 0.3 is 0 Å². The van der Waals surface area contributed by atoms with E-state index in [9.17, 15) is 15.0 Å². The van der Waals surface area contributed by atoms with Crippen LogP contribution in [0, 0.1) is 0 Å². The molecule has 1 atom stereocenters. The van der Waals surface area contributed by atoms with Gasteiger partial charge in [-0.3, -0.25) is 9.69 Å². The third-order valence-corrected chi connectivity index (χ3v) is 8.50. The van der Waals surface area contributed by atoms with E-state index in [0.717, 1.165) is 62.6 Å². The molecule has 3 aliphatic heterocycles. The summed E-state index contributed by atoms with van der Waals surface area (Å²) >= 11 is 0. The molecular formula is C33H40N4O5. The number of benzene rings is 3. The first kappa shape index (κ1) is 28.3. The van der Waals surface area contributed by atoms with Crippen LogP contribution >= 0.6 is 0 Å². The van der Waals surface area contributed by atoms with Crippen molar-refractivity contribution in [3.05, 3.63) is 82.4 Å². The monoisotopic (exact) mass is 572 g/mol. The molecule has 0 aromatic heterocycles. The Kier molecular flexibility index (Phi) is 8.51. The Hall–Kier alpha value is -3.79. The molecule has 1 amide bonds. The number of likely N-dealkylation sites (N-methyl/N-ethyl adjacent to an activating group) is 1. The van der Waals surface area contributed by atoms with Crippen LogP contribution in [0.2, 0.25) is 0 Å². The van der Waals surface area contributed by atoms with E-state index in [1.165, 1.54) is 23.3 Å². The Bertz CT molecular complexity index is 1400. The van der Waals surface area contributed by atoms with Gasteiger partial charge in [0, 0.05) is 70.2 Å². The maximum absolute atomic E-state index is 13.9. The summed E-state index contributed by atoms with van der Waals surface area (Å²) < 4.78 is 11.6. The Morgan fingerprint density at radius 3 is 2.60 bits per heavy atom. The highest BCUT2D eigenvalue weighted by molar-refractivity contribution is 6.00. The number of hydrogen-bond acceptors (Lipinski definition) is 8. The van der Waals surface area contributed by atoms with E-state index in [4.69, 9.17) is 9.47 Å². The number of phenols is 2. The molecule has 3 aromatic carbocycles. The molecule has 6 rings (SSSR count). The molecule has 2 fully saturated rings. The molecule has 42 heavy (non-hydrogen) atoms. The molecule has 9 nitrogen and oxygen atoms in total. The summed E-state index contributed by atoms with van der Waals surface area (Å²) in [4.78, 5) is 20.6. The van der Waals surface area contributed by atoms with E-state index >= 15 is 0 Å². The molecule has 2 saturated heterocycles. The van der Waals surface area contributed by atoms with Crippen LogP contribution in [-0.4, -0.2) is 89.8 Å². The SMILES string of the molecule is CN1CCN(Cc2cc3c(c(N[C@H]4CCOC4)c2)CN(C(=O)c2c(O)cc(O)cc2OCc2ccccc2)CC3)CC1. The molecule has 3 heterocycles. The summed E-state index contributed by atoms with van der Waals surface area (Å²) in [7, 11) is 2.17. The van der Waals surface area contributed by atoms with Gasteiger partial charge in [0.2, 0.25) is 0 Å². The van der Waals surface area contributed by atoms with Crippen molar-refractivity contribution in [2.45, 2.75) is 38.6 Å². The van der Waals surface area contributed by atoms with E-state index in [-0.39, 0.29) is 41.4 Å². The van der Waals surface area contributed by atoms with Gasteiger partial charge in [0.15, 0.2) is 0 Å². The molecule has 0 bridgehead atoms. The molecule has 9 heteroatoms. The van der Waals surface area contributed by atoms with Crippen molar-refractivity contribution >= 4 is 11.6 Å². The average Bonchev–Trinajstić information content (AvgIpc) is 3.50. The molecule has 3 N–H and O–H groups in total. The second kappa shape index (κ2) is 12.6. The van der Waals surface area contributed by atoms with Crippen LogP contribution in [0.4, 0.5) is 5.69 Å². The molecule has 0 saturated carbocycles. The summed E-state index contributed by atoms with van der Waals surface area (Å²) in [5.41, 5.74) is 5.69. The minimum Gasteiger partial charge on any atom is -0.508 e. The van der Waals surface area contributed by atoms with Crippen molar-refractivity contribution in [2.75, 3.05) is 58.3 Å². The number of fused-ring (bicyclic) bond motifs is 1. The molecule has 3 aliphatic rings. The maximum atomic E-state index is 13.9. The van der Waals surface area contributed by atoms with Gasteiger partial charge in [-0.2, -0.15) is 0 Å². The number of aromatic hydroxyl groups is 2. The van der Waals surface area contributed by atoms with Crippen molar-refractivity contribution in [1.29, 1.82) is 0 Å². The largest absolute Gasteiger partial charge is 0.508 e. The summed E-state index contributed by atoms with van der Waals surface area (Å²) in [5, 5.41) is 24.7. The Labute approximate surface area is 247 Å². The standard InChI is InChI=1S/C33H40N4O5/c1-35-10-12-36(13-11-35)19-24-15-25-7-9-37(20-28(25)29(16-24)34-26-8-14-41-22-26)33(40)32-30(39)17-27(38)18-31(32)42-21-23-5-3-2-4-6-23/h2-6,15-18,26,34,38-39H,7-14,19-22H2,1H3/t26-/m0/s1. The number of nitrogens with one attached hydrogen (secondary N) is 1. The summed E-state index contributed by atoms with van der Waals surface area (Å²) in [6, 6.07) is 17.0. The number of anilines is 1. The molecule has 0 unspecified atom stereocenters. The van der Waals surface area contributed by atoms with Gasteiger partial charge in [0.05, 0.1) is 12.6 Å². The van der Waals surface area contributed by atoms with Crippen molar-refractivity contribution in [3.8, 4) is 17.2 Å². The summed E-state index contributed by atoms with van der Waals surface area (Å²) in [6.07, 6.45) is 1.66. The van der Waals surface area contributed by atoms with Crippen LogP contribution in [0.25, 0.3) is 0 Å². The molecule has 0 aliphatic carbocycles. The maximum Gasteiger partial charge on any atom is 0.261 e. The van der Waals surface area contributed by atoms with Gasteiger partial charge in [-0.1, -0.05) is 36.4 Å². The zero-order valence-corrected chi connectivity index (χ0v) is 24.2. The van der Waals surface area contributed by atoms with Crippen LogP contribution < -0.4 is 10.1 Å². The minimum absolute atomic E-state index is 0.0672. The Morgan fingerprint density at radius 2 is 1.83 bits per heavy atom. The van der Waals surface area contributed by atoms with E-state index in [1.54, 1.807) is 4.90 Å². The fourth-order valence-corrected chi connectivity index (χ4v) is 6.07. The smallest absolute Gasteiger partial charge is 0.261 e. The second-order valence-corrected chi connectivity index (χ2v) is 11.7. The first-order valence-corrected chi connectivity index (χ1v) is 14.8. The Balaban J connectivity index is 1.25. The van der Waals surface area contributed by atoms with Crippen LogP contribution in [0.3, 0.4) is 0 Å². The van der Waals surface area contributed by atoms with Gasteiger partial charge < -0.3 is 34.8 Å². The van der Waals surface area contributed by atoms with Gasteiger partial charge in [-0.05, 0) is 48.2 Å². The van der Waals surface area contributed by atoms with Crippen molar-refractivity contribution in [3.63, 3.8) is 0 Å². The van der Waals surface area contributed by atoms with Crippen molar-refractivity contribution < 1.29 is 24.5 Å². The number of ether oxygens (including phenoxy) is 2.